The number of hydrogen-bond donors (Lipinski definition) is 1. The number of carbonyl (C=O) groups is 1. The van der Waals surface area contributed by atoms with Crippen LogP contribution < -0.4 is 5.32 Å². The minimum atomic E-state index is -0.350. The molecule has 0 spiro atoms. The predicted octanol–water partition coefficient (Wildman–Crippen LogP) is 2.48. The average Bonchev–Trinajstić information content (AvgIpc) is 2.63. The third kappa shape index (κ3) is 1.92. The number of esters is 1. The first-order valence-corrected chi connectivity index (χ1v) is 5.33. The summed E-state index contributed by atoms with van der Waals surface area (Å²) in [5, 5.41) is 3.65. The highest BCUT2D eigenvalue weighted by molar-refractivity contribution is 6.34. The van der Waals surface area contributed by atoms with E-state index in [1.165, 1.54) is 0 Å². The molecule has 0 saturated carbocycles. The van der Waals surface area contributed by atoms with Crippen LogP contribution in [0.15, 0.2) is 12.1 Å². The van der Waals surface area contributed by atoms with Crippen molar-refractivity contribution in [3.63, 3.8) is 0 Å². The van der Waals surface area contributed by atoms with Crippen molar-refractivity contribution in [1.82, 2.24) is 0 Å². The van der Waals surface area contributed by atoms with Gasteiger partial charge in [0.05, 0.1) is 17.2 Å². The molecule has 0 aliphatic carbocycles. The number of rotatable bonds is 2. The summed E-state index contributed by atoms with van der Waals surface area (Å²) >= 11 is 6.00. The van der Waals surface area contributed by atoms with E-state index in [2.05, 4.69) is 5.32 Å². The topological polar surface area (TPSA) is 38.3 Å². The van der Waals surface area contributed by atoms with Gasteiger partial charge in [-0.25, -0.2) is 4.79 Å². The molecule has 1 aliphatic heterocycles. The van der Waals surface area contributed by atoms with E-state index in [-0.39, 0.29) is 5.97 Å². The molecule has 4 heteroatoms. The van der Waals surface area contributed by atoms with Gasteiger partial charge in [-0.1, -0.05) is 11.6 Å². The van der Waals surface area contributed by atoms with Crippen LogP contribution in [0.2, 0.25) is 5.02 Å². The highest BCUT2D eigenvalue weighted by Crippen LogP contribution is 2.29. The maximum atomic E-state index is 11.5. The Kier molecular flexibility index (Phi) is 2.82. The Hall–Kier alpha value is -1.22. The van der Waals surface area contributed by atoms with Crippen molar-refractivity contribution in [3.8, 4) is 0 Å². The molecular weight excluding hydrogens is 214 g/mol. The Morgan fingerprint density at radius 2 is 2.40 bits per heavy atom. The van der Waals surface area contributed by atoms with Gasteiger partial charge in [-0.2, -0.15) is 0 Å². The van der Waals surface area contributed by atoms with Gasteiger partial charge in [0.25, 0.3) is 0 Å². The van der Waals surface area contributed by atoms with Crippen LogP contribution in [0.3, 0.4) is 0 Å². The zero-order valence-electron chi connectivity index (χ0n) is 8.47. The van der Waals surface area contributed by atoms with Gasteiger partial charge in [0, 0.05) is 12.2 Å². The molecule has 2 rings (SSSR count). The van der Waals surface area contributed by atoms with E-state index in [0.717, 1.165) is 24.2 Å². The molecule has 0 atom stereocenters. The summed E-state index contributed by atoms with van der Waals surface area (Å²) in [5.74, 6) is -0.350. The Labute approximate surface area is 93.4 Å². The zero-order chi connectivity index (χ0) is 10.8. The van der Waals surface area contributed by atoms with Gasteiger partial charge in [0.2, 0.25) is 0 Å². The maximum Gasteiger partial charge on any atom is 0.339 e. The molecule has 3 nitrogen and oxygen atoms in total. The molecule has 0 bridgehead atoms. The molecule has 1 aliphatic rings. The van der Waals surface area contributed by atoms with E-state index in [4.69, 9.17) is 16.3 Å². The highest BCUT2D eigenvalue weighted by atomic mass is 35.5. The second kappa shape index (κ2) is 4.11. The van der Waals surface area contributed by atoms with Crippen molar-refractivity contribution in [2.45, 2.75) is 13.3 Å². The van der Waals surface area contributed by atoms with Crippen LogP contribution in [-0.4, -0.2) is 19.1 Å². The van der Waals surface area contributed by atoms with Gasteiger partial charge in [0.1, 0.15) is 0 Å². The minimum Gasteiger partial charge on any atom is -0.462 e. The third-order valence-electron chi connectivity index (χ3n) is 2.40. The van der Waals surface area contributed by atoms with Crippen LogP contribution in [0.25, 0.3) is 0 Å². The molecule has 0 unspecified atom stereocenters. The van der Waals surface area contributed by atoms with E-state index < -0.39 is 0 Å². The van der Waals surface area contributed by atoms with E-state index in [0.29, 0.717) is 17.2 Å². The number of carbonyl (C=O) groups excluding carboxylic acids is 1. The monoisotopic (exact) mass is 225 g/mol. The third-order valence-corrected chi connectivity index (χ3v) is 2.71. The van der Waals surface area contributed by atoms with Gasteiger partial charge >= 0.3 is 5.97 Å². The number of ether oxygens (including phenoxy) is 1. The molecule has 1 aromatic rings. The largest absolute Gasteiger partial charge is 0.462 e. The molecular formula is C11H12ClNO2. The number of anilines is 1. The summed E-state index contributed by atoms with van der Waals surface area (Å²) in [6.45, 7) is 3.04. The second-order valence-corrected chi connectivity index (χ2v) is 3.79. The number of nitrogens with one attached hydrogen (secondary N) is 1. The first kappa shape index (κ1) is 10.3. The molecule has 0 amide bonds. The summed E-state index contributed by atoms with van der Waals surface area (Å²) in [6.07, 6.45) is 0.929. The van der Waals surface area contributed by atoms with Crippen molar-refractivity contribution in [1.29, 1.82) is 0 Å². The fourth-order valence-corrected chi connectivity index (χ4v) is 1.93. The SMILES string of the molecule is CCOC(=O)c1cc2c(cc1Cl)NCC2. The molecule has 1 heterocycles. The molecule has 0 aromatic heterocycles. The van der Waals surface area contributed by atoms with Crippen molar-refractivity contribution in [3.05, 3.63) is 28.3 Å². The number of halogens is 1. The quantitative estimate of drug-likeness (QED) is 0.786. The van der Waals surface area contributed by atoms with Crippen LogP contribution in [0, 0.1) is 0 Å². The van der Waals surface area contributed by atoms with Crippen molar-refractivity contribution in [2.24, 2.45) is 0 Å². The van der Waals surface area contributed by atoms with E-state index in [1.54, 1.807) is 13.0 Å². The highest BCUT2D eigenvalue weighted by Gasteiger charge is 2.17. The molecule has 0 saturated heterocycles. The summed E-state index contributed by atoms with van der Waals surface area (Å²) < 4.78 is 4.92. The van der Waals surface area contributed by atoms with Crippen LogP contribution in [0.4, 0.5) is 5.69 Å². The van der Waals surface area contributed by atoms with Crippen LogP contribution in [0.5, 0.6) is 0 Å². The van der Waals surface area contributed by atoms with Gasteiger partial charge in [0.15, 0.2) is 0 Å². The van der Waals surface area contributed by atoms with Gasteiger partial charge in [-0.15, -0.1) is 0 Å². The Balaban J connectivity index is 2.36. The molecule has 15 heavy (non-hydrogen) atoms. The molecule has 80 valence electrons. The van der Waals surface area contributed by atoms with Crippen molar-refractivity contribution >= 4 is 23.3 Å². The fourth-order valence-electron chi connectivity index (χ4n) is 1.69. The first-order valence-electron chi connectivity index (χ1n) is 4.95. The Morgan fingerprint density at radius 3 is 3.13 bits per heavy atom. The lowest BCUT2D eigenvalue weighted by Gasteiger charge is -2.06. The Bertz CT molecular complexity index is 404. The molecule has 1 N–H and O–H groups in total. The summed E-state index contributed by atoms with van der Waals surface area (Å²) in [7, 11) is 0. The average molecular weight is 226 g/mol. The summed E-state index contributed by atoms with van der Waals surface area (Å²) in [6, 6.07) is 3.60. The lowest BCUT2D eigenvalue weighted by atomic mass is 10.1. The number of hydrogen-bond acceptors (Lipinski definition) is 3. The first-order chi connectivity index (χ1) is 7.22. The standard InChI is InChI=1S/C11H12ClNO2/c1-2-15-11(14)8-5-7-3-4-13-10(7)6-9(8)12/h5-6,13H,2-4H2,1H3. The van der Waals surface area contributed by atoms with Crippen LogP contribution in [0.1, 0.15) is 22.8 Å². The summed E-state index contributed by atoms with van der Waals surface area (Å²) in [4.78, 5) is 11.5. The van der Waals surface area contributed by atoms with Gasteiger partial charge < -0.3 is 10.1 Å². The van der Waals surface area contributed by atoms with E-state index in [1.807, 2.05) is 6.07 Å². The maximum absolute atomic E-state index is 11.5. The lowest BCUT2D eigenvalue weighted by molar-refractivity contribution is 0.0526. The van der Waals surface area contributed by atoms with Gasteiger partial charge in [-0.3, -0.25) is 0 Å². The molecule has 0 radical (unpaired) electrons. The molecule has 0 fully saturated rings. The van der Waals surface area contributed by atoms with Crippen molar-refractivity contribution < 1.29 is 9.53 Å². The van der Waals surface area contributed by atoms with Gasteiger partial charge in [-0.05, 0) is 31.0 Å². The van der Waals surface area contributed by atoms with Crippen molar-refractivity contribution in [2.75, 3.05) is 18.5 Å². The lowest BCUT2D eigenvalue weighted by Crippen LogP contribution is -2.05. The van der Waals surface area contributed by atoms with Crippen LogP contribution >= 0.6 is 11.6 Å². The minimum absolute atomic E-state index is 0.350. The van der Waals surface area contributed by atoms with E-state index in [9.17, 15) is 4.79 Å². The number of fused-ring (bicyclic) bond motifs is 1. The number of benzene rings is 1. The fraction of sp³-hybridized carbons (Fsp3) is 0.364. The molecule has 1 aromatic carbocycles. The Morgan fingerprint density at radius 1 is 1.60 bits per heavy atom. The summed E-state index contributed by atoms with van der Waals surface area (Å²) in [5.41, 5.74) is 2.61. The predicted molar refractivity (Wildman–Crippen MR) is 59.6 cm³/mol. The zero-order valence-corrected chi connectivity index (χ0v) is 9.23. The van der Waals surface area contributed by atoms with Crippen LogP contribution in [-0.2, 0) is 11.2 Å². The second-order valence-electron chi connectivity index (χ2n) is 3.39. The normalized spacial score (nSPS) is 13.2. The van der Waals surface area contributed by atoms with E-state index >= 15 is 0 Å². The smallest absolute Gasteiger partial charge is 0.339 e.